The summed E-state index contributed by atoms with van der Waals surface area (Å²) < 4.78 is 0. The van der Waals surface area contributed by atoms with Gasteiger partial charge in [-0.25, -0.2) is 0 Å². The first kappa shape index (κ1) is 16.1. The van der Waals surface area contributed by atoms with Crippen LogP contribution in [0.1, 0.15) is 0 Å². The lowest BCUT2D eigenvalue weighted by Gasteiger charge is -2.15. The predicted octanol–water partition coefficient (Wildman–Crippen LogP) is 4.04. The first-order valence-electron chi connectivity index (χ1n) is 6.99. The van der Waals surface area contributed by atoms with E-state index in [1.54, 1.807) is 6.07 Å². The maximum Gasteiger partial charge on any atom is 0.442 e. The largest absolute Gasteiger partial charge is 0.442 e. The molecule has 0 aromatic heterocycles. The molecule has 3 nitrogen and oxygen atoms in total. The molecule has 0 heterocycles. The summed E-state index contributed by atoms with van der Waals surface area (Å²) in [4.78, 5) is 28.9. The van der Waals surface area contributed by atoms with E-state index in [4.69, 9.17) is 11.6 Å². The van der Waals surface area contributed by atoms with E-state index in [0.29, 0.717) is 5.56 Å². The molecule has 0 aliphatic rings. The summed E-state index contributed by atoms with van der Waals surface area (Å²) in [6, 6.07) is 22.3. The average Bonchev–Trinajstić information content (AvgIpc) is 2.55. The second kappa shape index (κ2) is 6.40. The molecule has 0 amide bonds. The average molecular weight is 346 g/mol. The maximum atomic E-state index is 9.64. The second-order valence-corrected chi connectivity index (χ2v) is 7.12. The SMILES string of the molecule is O[P+](O)(O)c1ccc(-c2ccccc2)c(-c2ccccc2)c1Cl. The molecule has 0 radical (unpaired) electrons. The van der Waals surface area contributed by atoms with E-state index in [1.807, 2.05) is 60.7 Å². The summed E-state index contributed by atoms with van der Waals surface area (Å²) in [6.45, 7) is 0. The van der Waals surface area contributed by atoms with Gasteiger partial charge in [-0.1, -0.05) is 72.3 Å². The third kappa shape index (κ3) is 3.30. The van der Waals surface area contributed by atoms with E-state index in [0.717, 1.165) is 16.7 Å². The summed E-state index contributed by atoms with van der Waals surface area (Å²) >= 11 is 6.43. The van der Waals surface area contributed by atoms with Gasteiger partial charge in [0.25, 0.3) is 0 Å². The van der Waals surface area contributed by atoms with Gasteiger partial charge in [0, 0.05) is 5.56 Å². The number of rotatable bonds is 3. The Bertz CT molecular complexity index is 815. The van der Waals surface area contributed by atoms with Crippen LogP contribution >= 0.6 is 19.5 Å². The quantitative estimate of drug-likeness (QED) is 0.628. The smallest absolute Gasteiger partial charge is 0.189 e. The van der Waals surface area contributed by atoms with Crippen LogP contribution in [0.3, 0.4) is 0 Å². The van der Waals surface area contributed by atoms with Gasteiger partial charge < -0.3 is 0 Å². The molecule has 0 unspecified atom stereocenters. The fourth-order valence-corrected chi connectivity index (χ4v) is 3.81. The Morgan fingerprint density at radius 3 is 1.70 bits per heavy atom. The number of hydrogen-bond acceptors (Lipinski definition) is 3. The normalized spacial score (nSPS) is 11.5. The van der Waals surface area contributed by atoms with Crippen LogP contribution in [-0.4, -0.2) is 14.7 Å². The van der Waals surface area contributed by atoms with Crippen molar-refractivity contribution in [2.75, 3.05) is 0 Å². The molecule has 3 aromatic carbocycles. The Morgan fingerprint density at radius 1 is 0.652 bits per heavy atom. The van der Waals surface area contributed by atoms with E-state index in [-0.39, 0.29) is 10.3 Å². The van der Waals surface area contributed by atoms with Crippen LogP contribution in [0.2, 0.25) is 5.02 Å². The monoisotopic (exact) mass is 345 g/mol. The van der Waals surface area contributed by atoms with Crippen molar-refractivity contribution in [3.05, 3.63) is 77.8 Å². The molecule has 0 aliphatic heterocycles. The third-order valence-electron chi connectivity index (χ3n) is 3.59. The van der Waals surface area contributed by atoms with Crippen molar-refractivity contribution in [3.63, 3.8) is 0 Å². The molecule has 23 heavy (non-hydrogen) atoms. The van der Waals surface area contributed by atoms with E-state index in [9.17, 15) is 14.7 Å². The van der Waals surface area contributed by atoms with Gasteiger partial charge in [-0.2, -0.15) is 14.7 Å². The number of benzene rings is 3. The topological polar surface area (TPSA) is 60.7 Å². The van der Waals surface area contributed by atoms with E-state index >= 15 is 0 Å². The highest BCUT2D eigenvalue weighted by atomic mass is 35.5. The summed E-state index contributed by atoms with van der Waals surface area (Å²) in [5.41, 5.74) is 3.32. The molecule has 116 valence electrons. The van der Waals surface area contributed by atoms with Crippen molar-refractivity contribution in [1.82, 2.24) is 0 Å². The summed E-state index contributed by atoms with van der Waals surface area (Å²) in [5, 5.41) is 0.107. The van der Waals surface area contributed by atoms with E-state index in [1.165, 1.54) is 6.07 Å². The van der Waals surface area contributed by atoms with Gasteiger partial charge in [-0.15, -0.1) is 0 Å². The van der Waals surface area contributed by atoms with Crippen LogP contribution in [0, 0.1) is 0 Å². The standard InChI is InChI=1S/C18H15ClO3P/c19-18-16(23(20,21)22)12-11-15(13-7-3-1-4-8-13)17(18)14-9-5-2-6-10-14/h1-12,20-22H/q+1. The van der Waals surface area contributed by atoms with E-state index < -0.39 is 7.94 Å². The molecule has 5 heteroatoms. The highest BCUT2D eigenvalue weighted by Crippen LogP contribution is 2.48. The molecule has 0 aliphatic carbocycles. The van der Waals surface area contributed by atoms with Gasteiger partial charge >= 0.3 is 7.94 Å². The van der Waals surface area contributed by atoms with Crippen LogP contribution in [0.4, 0.5) is 0 Å². The molecule has 3 rings (SSSR count). The minimum atomic E-state index is -4.20. The van der Waals surface area contributed by atoms with Crippen LogP contribution in [-0.2, 0) is 0 Å². The van der Waals surface area contributed by atoms with Crippen molar-refractivity contribution in [2.45, 2.75) is 0 Å². The predicted molar refractivity (Wildman–Crippen MR) is 95.5 cm³/mol. The Labute approximate surface area is 140 Å². The van der Waals surface area contributed by atoms with E-state index in [2.05, 4.69) is 0 Å². The summed E-state index contributed by atoms with van der Waals surface area (Å²) in [6.07, 6.45) is 0. The Hall–Kier alpha value is -1.74. The highest BCUT2D eigenvalue weighted by molar-refractivity contribution is 7.67. The molecule has 0 saturated carbocycles. The molecule has 0 atom stereocenters. The zero-order valence-electron chi connectivity index (χ0n) is 12.1. The summed E-state index contributed by atoms with van der Waals surface area (Å²) in [7, 11) is -4.20. The maximum absolute atomic E-state index is 9.64. The Morgan fingerprint density at radius 2 is 1.17 bits per heavy atom. The Kier molecular flexibility index (Phi) is 4.49. The van der Waals surface area contributed by atoms with Crippen LogP contribution in [0.15, 0.2) is 72.8 Å². The molecule has 3 aromatic rings. The van der Waals surface area contributed by atoms with Gasteiger partial charge in [-0.05, 0) is 28.8 Å². The van der Waals surface area contributed by atoms with Crippen LogP contribution < -0.4 is 5.30 Å². The van der Waals surface area contributed by atoms with Gasteiger partial charge in [0.05, 0.1) is 5.02 Å². The molecule has 0 fully saturated rings. The molecular formula is C18H15ClO3P+. The van der Waals surface area contributed by atoms with Crippen molar-refractivity contribution in [1.29, 1.82) is 0 Å². The van der Waals surface area contributed by atoms with Crippen LogP contribution in [0.25, 0.3) is 22.3 Å². The molecular weight excluding hydrogens is 331 g/mol. The fourth-order valence-electron chi connectivity index (χ4n) is 2.54. The highest BCUT2D eigenvalue weighted by Gasteiger charge is 2.38. The molecule has 0 bridgehead atoms. The zero-order chi connectivity index (χ0) is 16.4. The molecule has 3 N–H and O–H groups in total. The van der Waals surface area contributed by atoms with Gasteiger partial charge in [0.15, 0.2) is 0 Å². The lowest BCUT2D eigenvalue weighted by atomic mass is 9.94. The minimum absolute atomic E-state index is 0.0438. The number of hydrogen-bond donors (Lipinski definition) is 3. The fraction of sp³-hybridized carbons (Fsp3) is 0. The minimum Gasteiger partial charge on any atom is -0.189 e. The third-order valence-corrected chi connectivity index (χ3v) is 5.14. The summed E-state index contributed by atoms with van der Waals surface area (Å²) in [5.74, 6) is 0. The Balaban J connectivity index is 2.32. The van der Waals surface area contributed by atoms with Gasteiger partial charge in [0.1, 0.15) is 0 Å². The van der Waals surface area contributed by atoms with Crippen molar-refractivity contribution < 1.29 is 14.7 Å². The molecule has 0 spiro atoms. The lowest BCUT2D eigenvalue weighted by Crippen LogP contribution is -2.12. The van der Waals surface area contributed by atoms with Crippen molar-refractivity contribution >= 4 is 24.8 Å². The second-order valence-electron chi connectivity index (χ2n) is 5.12. The van der Waals surface area contributed by atoms with Crippen molar-refractivity contribution in [2.24, 2.45) is 0 Å². The van der Waals surface area contributed by atoms with Crippen molar-refractivity contribution in [3.8, 4) is 22.3 Å². The first-order valence-corrected chi connectivity index (χ1v) is 9.02. The van der Waals surface area contributed by atoms with Crippen LogP contribution in [0.5, 0.6) is 0 Å². The zero-order valence-corrected chi connectivity index (χ0v) is 13.7. The number of halogens is 1. The van der Waals surface area contributed by atoms with Gasteiger partial charge in [0.2, 0.25) is 5.30 Å². The molecule has 0 saturated heterocycles. The van der Waals surface area contributed by atoms with Gasteiger partial charge in [-0.3, -0.25) is 0 Å². The first-order chi connectivity index (χ1) is 11.0. The lowest BCUT2D eigenvalue weighted by molar-refractivity contribution is 0.347.